The van der Waals surface area contributed by atoms with Crippen molar-refractivity contribution < 1.29 is 14.3 Å². The number of epoxide rings is 1. The van der Waals surface area contributed by atoms with Gasteiger partial charge in [-0.05, 0) is 38.8 Å². The summed E-state index contributed by atoms with van der Waals surface area (Å²) >= 11 is 0. The summed E-state index contributed by atoms with van der Waals surface area (Å²) in [4.78, 5) is 15.9. The van der Waals surface area contributed by atoms with Crippen LogP contribution in [0.2, 0.25) is 0 Å². The van der Waals surface area contributed by atoms with Gasteiger partial charge in [-0.3, -0.25) is 4.98 Å². The fraction of sp³-hybridized carbons (Fsp3) is 0.571. The van der Waals surface area contributed by atoms with Crippen molar-refractivity contribution >= 4 is 6.09 Å². The van der Waals surface area contributed by atoms with Crippen molar-refractivity contribution in [2.75, 3.05) is 6.61 Å². The first kappa shape index (κ1) is 13.8. The number of aromatic nitrogens is 1. The van der Waals surface area contributed by atoms with E-state index in [1.165, 1.54) is 0 Å². The second-order valence-electron chi connectivity index (χ2n) is 5.69. The van der Waals surface area contributed by atoms with Gasteiger partial charge in [0.2, 0.25) is 0 Å². The smallest absolute Gasteiger partial charge is 0.407 e. The number of amides is 1. The number of carbonyl (C=O) groups is 1. The van der Waals surface area contributed by atoms with E-state index in [2.05, 4.69) is 10.3 Å². The first-order chi connectivity index (χ1) is 8.94. The Hall–Kier alpha value is -1.62. The number of hydrogen-bond donors (Lipinski definition) is 1. The molecule has 0 bridgehead atoms. The molecule has 0 aromatic carbocycles. The molecule has 1 aromatic heterocycles. The van der Waals surface area contributed by atoms with Crippen LogP contribution < -0.4 is 5.32 Å². The summed E-state index contributed by atoms with van der Waals surface area (Å²) in [5.74, 6) is 0. The average molecular weight is 264 g/mol. The Morgan fingerprint density at radius 2 is 2.37 bits per heavy atom. The monoisotopic (exact) mass is 264 g/mol. The highest BCUT2D eigenvalue weighted by atomic mass is 16.6. The van der Waals surface area contributed by atoms with Crippen molar-refractivity contribution in [3.63, 3.8) is 0 Å². The van der Waals surface area contributed by atoms with Crippen LogP contribution >= 0.6 is 0 Å². The molecule has 1 aromatic rings. The van der Waals surface area contributed by atoms with E-state index in [0.29, 0.717) is 13.0 Å². The van der Waals surface area contributed by atoms with E-state index in [-0.39, 0.29) is 12.1 Å². The maximum Gasteiger partial charge on any atom is 0.407 e. The Morgan fingerprint density at radius 1 is 1.63 bits per heavy atom. The second-order valence-corrected chi connectivity index (χ2v) is 5.69. The third-order valence-corrected chi connectivity index (χ3v) is 2.69. The molecule has 0 aliphatic carbocycles. The lowest BCUT2D eigenvalue weighted by Crippen LogP contribution is -2.43. The SMILES string of the molecule is CC(C)(C)OC(=O)N[C@@H](Cc1cccnc1)[C@H]1CO1. The minimum Gasteiger partial charge on any atom is -0.444 e. The molecule has 1 aliphatic rings. The van der Waals surface area contributed by atoms with Crippen LogP contribution in [0, 0.1) is 0 Å². The summed E-state index contributed by atoms with van der Waals surface area (Å²) in [5.41, 5.74) is 0.576. The zero-order valence-electron chi connectivity index (χ0n) is 11.6. The number of hydrogen-bond acceptors (Lipinski definition) is 4. The Bertz CT molecular complexity index is 424. The highest BCUT2D eigenvalue weighted by Gasteiger charge is 2.34. The fourth-order valence-corrected chi connectivity index (χ4v) is 1.80. The number of nitrogens with zero attached hydrogens (tertiary/aromatic N) is 1. The molecule has 0 spiro atoms. The minimum absolute atomic E-state index is 0.0703. The molecule has 1 aliphatic heterocycles. The third-order valence-electron chi connectivity index (χ3n) is 2.69. The van der Waals surface area contributed by atoms with Gasteiger partial charge in [0.25, 0.3) is 0 Å². The van der Waals surface area contributed by atoms with Crippen LogP contribution in [0.15, 0.2) is 24.5 Å². The van der Waals surface area contributed by atoms with Gasteiger partial charge in [0, 0.05) is 12.4 Å². The quantitative estimate of drug-likeness (QED) is 0.844. The number of carbonyl (C=O) groups excluding carboxylic acids is 1. The molecule has 1 N–H and O–H groups in total. The van der Waals surface area contributed by atoms with E-state index in [1.807, 2.05) is 32.9 Å². The van der Waals surface area contributed by atoms with E-state index < -0.39 is 11.7 Å². The lowest BCUT2D eigenvalue weighted by atomic mass is 10.1. The van der Waals surface area contributed by atoms with Crippen LogP contribution in [0.4, 0.5) is 4.79 Å². The number of rotatable bonds is 4. The summed E-state index contributed by atoms with van der Waals surface area (Å²) < 4.78 is 10.5. The number of nitrogens with one attached hydrogen (secondary N) is 1. The molecule has 1 fully saturated rings. The molecule has 2 atom stereocenters. The fourth-order valence-electron chi connectivity index (χ4n) is 1.80. The molecule has 5 heteroatoms. The molecule has 0 radical (unpaired) electrons. The van der Waals surface area contributed by atoms with Crippen LogP contribution in [0.1, 0.15) is 26.3 Å². The zero-order chi connectivity index (χ0) is 13.9. The number of ether oxygens (including phenoxy) is 2. The van der Waals surface area contributed by atoms with E-state index >= 15 is 0 Å². The van der Waals surface area contributed by atoms with Gasteiger partial charge in [0.15, 0.2) is 0 Å². The lowest BCUT2D eigenvalue weighted by Gasteiger charge is -2.23. The van der Waals surface area contributed by atoms with Gasteiger partial charge in [0.1, 0.15) is 11.7 Å². The maximum absolute atomic E-state index is 11.8. The molecular formula is C14H20N2O3. The van der Waals surface area contributed by atoms with Gasteiger partial charge in [-0.15, -0.1) is 0 Å². The number of pyridine rings is 1. The average Bonchev–Trinajstić information content (AvgIpc) is 3.10. The van der Waals surface area contributed by atoms with Crippen molar-refractivity contribution in [2.24, 2.45) is 0 Å². The predicted octanol–water partition coefficient (Wildman–Crippen LogP) is 1.92. The maximum atomic E-state index is 11.8. The Balaban J connectivity index is 1.92. The summed E-state index contributed by atoms with van der Waals surface area (Å²) in [7, 11) is 0. The largest absolute Gasteiger partial charge is 0.444 e. The van der Waals surface area contributed by atoms with Gasteiger partial charge in [-0.25, -0.2) is 4.79 Å². The number of alkyl carbamates (subject to hydrolysis) is 1. The van der Waals surface area contributed by atoms with E-state index in [0.717, 1.165) is 5.56 Å². The molecular weight excluding hydrogens is 244 g/mol. The van der Waals surface area contributed by atoms with Crippen LogP contribution in [0.5, 0.6) is 0 Å². The van der Waals surface area contributed by atoms with E-state index in [9.17, 15) is 4.79 Å². The highest BCUT2D eigenvalue weighted by molar-refractivity contribution is 5.68. The summed E-state index contributed by atoms with van der Waals surface area (Å²) in [6, 6.07) is 3.80. The molecule has 5 nitrogen and oxygen atoms in total. The minimum atomic E-state index is -0.493. The van der Waals surface area contributed by atoms with Crippen LogP contribution in [-0.2, 0) is 15.9 Å². The van der Waals surface area contributed by atoms with Crippen molar-refractivity contribution in [1.82, 2.24) is 10.3 Å². The Morgan fingerprint density at radius 3 is 2.89 bits per heavy atom. The van der Waals surface area contributed by atoms with Crippen LogP contribution in [0.3, 0.4) is 0 Å². The first-order valence-corrected chi connectivity index (χ1v) is 6.44. The molecule has 0 unspecified atom stereocenters. The van der Waals surface area contributed by atoms with Crippen LogP contribution in [-0.4, -0.2) is 35.4 Å². The van der Waals surface area contributed by atoms with E-state index in [4.69, 9.17) is 9.47 Å². The van der Waals surface area contributed by atoms with Crippen LogP contribution in [0.25, 0.3) is 0 Å². The van der Waals surface area contributed by atoms with Crippen molar-refractivity contribution in [2.45, 2.75) is 44.9 Å². The topological polar surface area (TPSA) is 63.8 Å². The Kier molecular flexibility index (Phi) is 4.04. The third kappa shape index (κ3) is 4.87. The molecule has 19 heavy (non-hydrogen) atoms. The molecule has 0 saturated carbocycles. The molecule has 1 amide bonds. The predicted molar refractivity (Wildman–Crippen MR) is 70.8 cm³/mol. The molecule has 1 saturated heterocycles. The summed E-state index contributed by atoms with van der Waals surface area (Å²) in [6.45, 7) is 6.21. The normalized spacial score (nSPS) is 19.6. The van der Waals surface area contributed by atoms with Gasteiger partial charge in [-0.1, -0.05) is 6.07 Å². The molecule has 2 rings (SSSR count). The standard InChI is InChI=1S/C14H20N2O3/c1-14(2,3)19-13(17)16-11(12-9-18-12)7-10-5-4-6-15-8-10/h4-6,8,11-12H,7,9H2,1-3H3,(H,16,17)/t11-,12+/m0/s1. The van der Waals surface area contributed by atoms with Gasteiger partial charge < -0.3 is 14.8 Å². The van der Waals surface area contributed by atoms with E-state index in [1.54, 1.807) is 12.4 Å². The van der Waals surface area contributed by atoms with Crippen molar-refractivity contribution in [3.05, 3.63) is 30.1 Å². The second kappa shape index (κ2) is 5.57. The van der Waals surface area contributed by atoms with Crippen molar-refractivity contribution in [3.8, 4) is 0 Å². The summed E-state index contributed by atoms with van der Waals surface area (Å²) in [6.07, 6.45) is 3.89. The molecule has 104 valence electrons. The first-order valence-electron chi connectivity index (χ1n) is 6.44. The summed E-state index contributed by atoms with van der Waals surface area (Å²) in [5, 5.41) is 2.87. The van der Waals surface area contributed by atoms with Gasteiger partial charge in [0.05, 0.1) is 12.6 Å². The van der Waals surface area contributed by atoms with Gasteiger partial charge in [-0.2, -0.15) is 0 Å². The van der Waals surface area contributed by atoms with Crippen molar-refractivity contribution in [1.29, 1.82) is 0 Å². The highest BCUT2D eigenvalue weighted by Crippen LogP contribution is 2.18. The lowest BCUT2D eigenvalue weighted by molar-refractivity contribution is 0.0495. The Labute approximate surface area is 113 Å². The molecule has 2 heterocycles. The zero-order valence-corrected chi connectivity index (χ0v) is 11.6. The van der Waals surface area contributed by atoms with Gasteiger partial charge >= 0.3 is 6.09 Å².